The summed E-state index contributed by atoms with van der Waals surface area (Å²) < 4.78 is 0. The number of hydrogen-bond donors (Lipinski definition) is 0. The summed E-state index contributed by atoms with van der Waals surface area (Å²) in [5, 5.41) is 11.2. The predicted octanol–water partition coefficient (Wildman–Crippen LogP) is 3.23. The standard InChI is InChI=1S/C14H13NO2/c16-15(17)14(10-5-2-6-11-14)12-9-13-7-3-1-4-8-13/h1-10,12H,11H2. The van der Waals surface area contributed by atoms with E-state index in [2.05, 4.69) is 0 Å². The monoisotopic (exact) mass is 227 g/mol. The van der Waals surface area contributed by atoms with Gasteiger partial charge in [0.1, 0.15) is 0 Å². The van der Waals surface area contributed by atoms with E-state index in [0.717, 1.165) is 5.56 Å². The molecule has 86 valence electrons. The van der Waals surface area contributed by atoms with Crippen LogP contribution >= 0.6 is 0 Å². The second kappa shape index (κ2) is 4.78. The van der Waals surface area contributed by atoms with Gasteiger partial charge < -0.3 is 0 Å². The van der Waals surface area contributed by atoms with E-state index < -0.39 is 5.54 Å². The Labute approximate surface area is 99.9 Å². The zero-order valence-corrected chi connectivity index (χ0v) is 9.32. The summed E-state index contributed by atoms with van der Waals surface area (Å²) in [5.74, 6) is 0. The summed E-state index contributed by atoms with van der Waals surface area (Å²) in [4.78, 5) is 10.9. The van der Waals surface area contributed by atoms with Crippen LogP contribution in [0.15, 0.2) is 60.7 Å². The van der Waals surface area contributed by atoms with Crippen LogP contribution in [0, 0.1) is 10.1 Å². The molecule has 17 heavy (non-hydrogen) atoms. The lowest BCUT2D eigenvalue weighted by molar-refractivity contribution is -0.539. The van der Waals surface area contributed by atoms with Gasteiger partial charge >= 0.3 is 0 Å². The van der Waals surface area contributed by atoms with Crippen molar-refractivity contribution in [2.75, 3.05) is 0 Å². The Bertz CT molecular complexity index is 488. The van der Waals surface area contributed by atoms with E-state index in [1.54, 1.807) is 24.3 Å². The fourth-order valence-electron chi connectivity index (χ4n) is 1.75. The van der Waals surface area contributed by atoms with Crippen LogP contribution in [0.1, 0.15) is 12.0 Å². The third-order valence-electron chi connectivity index (χ3n) is 2.78. The van der Waals surface area contributed by atoms with Crippen molar-refractivity contribution in [3.05, 3.63) is 76.4 Å². The molecule has 1 aromatic carbocycles. The van der Waals surface area contributed by atoms with Crippen LogP contribution in [0.3, 0.4) is 0 Å². The van der Waals surface area contributed by atoms with E-state index in [0.29, 0.717) is 6.42 Å². The highest BCUT2D eigenvalue weighted by atomic mass is 16.6. The molecule has 1 unspecified atom stereocenters. The molecule has 0 heterocycles. The maximum absolute atomic E-state index is 11.2. The molecule has 0 aliphatic heterocycles. The van der Waals surface area contributed by atoms with Gasteiger partial charge in [0.25, 0.3) is 5.54 Å². The second-order valence-electron chi connectivity index (χ2n) is 3.98. The van der Waals surface area contributed by atoms with E-state index in [-0.39, 0.29) is 4.92 Å². The van der Waals surface area contributed by atoms with Crippen molar-refractivity contribution in [2.24, 2.45) is 0 Å². The average molecular weight is 227 g/mol. The lowest BCUT2D eigenvalue weighted by atomic mass is 9.91. The summed E-state index contributed by atoms with van der Waals surface area (Å²) in [6.07, 6.45) is 10.9. The van der Waals surface area contributed by atoms with Crippen molar-refractivity contribution in [3.8, 4) is 0 Å². The van der Waals surface area contributed by atoms with E-state index in [1.807, 2.05) is 42.5 Å². The molecule has 3 nitrogen and oxygen atoms in total. The lowest BCUT2D eigenvalue weighted by Gasteiger charge is -2.18. The van der Waals surface area contributed by atoms with Crippen LogP contribution in [0.5, 0.6) is 0 Å². The van der Waals surface area contributed by atoms with Gasteiger partial charge in [0.2, 0.25) is 0 Å². The van der Waals surface area contributed by atoms with Gasteiger partial charge in [0, 0.05) is 11.3 Å². The molecule has 0 bridgehead atoms. The highest BCUT2D eigenvalue weighted by molar-refractivity contribution is 5.51. The van der Waals surface area contributed by atoms with Crippen molar-refractivity contribution in [3.63, 3.8) is 0 Å². The van der Waals surface area contributed by atoms with E-state index >= 15 is 0 Å². The normalized spacial score (nSPS) is 23.1. The third kappa shape index (κ3) is 2.50. The van der Waals surface area contributed by atoms with Gasteiger partial charge in [0.15, 0.2) is 0 Å². The summed E-state index contributed by atoms with van der Waals surface area (Å²) in [6.45, 7) is 0. The SMILES string of the molecule is O=[N+]([O-])C1(C=Cc2ccccc2)C=CC=CC1. The first-order chi connectivity index (χ1) is 8.23. The summed E-state index contributed by atoms with van der Waals surface area (Å²) >= 11 is 0. The maximum atomic E-state index is 11.2. The highest BCUT2D eigenvalue weighted by Gasteiger charge is 2.36. The molecule has 0 amide bonds. The van der Waals surface area contributed by atoms with Crippen LogP contribution in [0.4, 0.5) is 0 Å². The molecule has 1 aliphatic carbocycles. The molecule has 0 spiro atoms. The molecule has 0 N–H and O–H groups in total. The van der Waals surface area contributed by atoms with Crippen molar-refractivity contribution < 1.29 is 4.92 Å². The maximum Gasteiger partial charge on any atom is 0.262 e. The van der Waals surface area contributed by atoms with Crippen molar-refractivity contribution in [1.82, 2.24) is 0 Å². The zero-order valence-electron chi connectivity index (χ0n) is 9.32. The van der Waals surface area contributed by atoms with Crippen molar-refractivity contribution in [2.45, 2.75) is 12.0 Å². The molecule has 0 saturated carbocycles. The van der Waals surface area contributed by atoms with Gasteiger partial charge in [-0.1, -0.05) is 54.6 Å². The average Bonchev–Trinajstić information content (AvgIpc) is 2.38. The highest BCUT2D eigenvalue weighted by Crippen LogP contribution is 2.24. The van der Waals surface area contributed by atoms with Crippen LogP contribution < -0.4 is 0 Å². The number of rotatable bonds is 3. The van der Waals surface area contributed by atoms with Gasteiger partial charge in [-0.05, 0) is 17.7 Å². The topological polar surface area (TPSA) is 43.1 Å². The quantitative estimate of drug-likeness (QED) is 0.587. The molecule has 2 rings (SSSR count). The van der Waals surface area contributed by atoms with Gasteiger partial charge in [-0.25, -0.2) is 0 Å². The van der Waals surface area contributed by atoms with E-state index in [9.17, 15) is 10.1 Å². The minimum Gasteiger partial charge on any atom is -0.263 e. The molecule has 3 heteroatoms. The Hall–Kier alpha value is -2.16. The Morgan fingerprint density at radius 2 is 2.00 bits per heavy atom. The lowest BCUT2D eigenvalue weighted by Crippen LogP contribution is -2.34. The molecule has 0 saturated heterocycles. The fraction of sp³-hybridized carbons (Fsp3) is 0.143. The van der Waals surface area contributed by atoms with Crippen LogP contribution in [-0.2, 0) is 0 Å². The largest absolute Gasteiger partial charge is 0.263 e. The molecule has 1 aliphatic rings. The Kier molecular flexibility index (Phi) is 3.19. The van der Waals surface area contributed by atoms with Gasteiger partial charge in [0.05, 0.1) is 0 Å². The molecule has 0 aromatic heterocycles. The van der Waals surface area contributed by atoms with Crippen LogP contribution in [0.2, 0.25) is 0 Å². The van der Waals surface area contributed by atoms with Gasteiger partial charge in [-0.15, -0.1) is 0 Å². The zero-order chi connectivity index (χ0) is 12.1. The number of nitrogens with zero attached hydrogens (tertiary/aromatic N) is 1. The summed E-state index contributed by atoms with van der Waals surface area (Å²) in [6, 6.07) is 9.59. The predicted molar refractivity (Wildman–Crippen MR) is 68.1 cm³/mol. The summed E-state index contributed by atoms with van der Waals surface area (Å²) in [5.41, 5.74) is -0.124. The second-order valence-corrected chi connectivity index (χ2v) is 3.98. The Morgan fingerprint density at radius 1 is 1.24 bits per heavy atom. The first kappa shape index (κ1) is 11.3. The summed E-state index contributed by atoms with van der Waals surface area (Å²) in [7, 11) is 0. The molecule has 0 fully saturated rings. The number of allylic oxidation sites excluding steroid dienone is 2. The first-order valence-corrected chi connectivity index (χ1v) is 5.46. The first-order valence-electron chi connectivity index (χ1n) is 5.46. The molecular formula is C14H13NO2. The van der Waals surface area contributed by atoms with Crippen LogP contribution in [-0.4, -0.2) is 10.5 Å². The number of nitro groups is 1. The minimum atomic E-state index is -1.09. The van der Waals surface area contributed by atoms with Crippen LogP contribution in [0.25, 0.3) is 6.08 Å². The van der Waals surface area contributed by atoms with E-state index in [4.69, 9.17) is 0 Å². The molecule has 0 radical (unpaired) electrons. The molecule has 1 atom stereocenters. The molecule has 1 aromatic rings. The minimum absolute atomic E-state index is 0.244. The Morgan fingerprint density at radius 3 is 2.59 bits per heavy atom. The Balaban J connectivity index is 2.25. The number of hydrogen-bond acceptors (Lipinski definition) is 2. The van der Waals surface area contributed by atoms with E-state index in [1.165, 1.54) is 0 Å². The van der Waals surface area contributed by atoms with Crippen molar-refractivity contribution in [1.29, 1.82) is 0 Å². The smallest absolute Gasteiger partial charge is 0.262 e. The third-order valence-corrected chi connectivity index (χ3v) is 2.78. The van der Waals surface area contributed by atoms with Gasteiger partial charge in [-0.2, -0.15) is 0 Å². The molecular weight excluding hydrogens is 214 g/mol. The fourth-order valence-corrected chi connectivity index (χ4v) is 1.75. The van der Waals surface area contributed by atoms with Crippen molar-refractivity contribution >= 4 is 6.08 Å². The van der Waals surface area contributed by atoms with Gasteiger partial charge in [-0.3, -0.25) is 10.1 Å². The number of benzene rings is 1.